The van der Waals surface area contributed by atoms with Gasteiger partial charge in [0.2, 0.25) is 5.95 Å². The van der Waals surface area contributed by atoms with Crippen molar-refractivity contribution in [1.29, 1.82) is 0 Å². The quantitative estimate of drug-likeness (QED) is 0.863. The molecule has 0 fully saturated rings. The van der Waals surface area contributed by atoms with E-state index in [1.165, 1.54) is 6.39 Å². The lowest BCUT2D eigenvalue weighted by molar-refractivity contribution is -0.115. The van der Waals surface area contributed by atoms with Crippen LogP contribution >= 0.6 is 0 Å². The second-order valence-corrected chi connectivity index (χ2v) is 3.23. The zero-order valence-corrected chi connectivity index (χ0v) is 8.67. The SMILES string of the molecule is Cc1ocnc1-c1nc(NCC(F)(F)F)n[nH]1. The van der Waals surface area contributed by atoms with Crippen LogP contribution in [0.15, 0.2) is 10.8 Å². The molecule has 0 unspecified atom stereocenters. The number of aromatic amines is 1. The summed E-state index contributed by atoms with van der Waals surface area (Å²) in [6.07, 6.45) is -3.10. The number of nitrogens with zero attached hydrogens (tertiary/aromatic N) is 3. The van der Waals surface area contributed by atoms with E-state index in [0.717, 1.165) is 0 Å². The second kappa shape index (κ2) is 4.07. The summed E-state index contributed by atoms with van der Waals surface area (Å²) in [5.41, 5.74) is 0.414. The highest BCUT2D eigenvalue weighted by atomic mass is 19.4. The Labute approximate surface area is 93.3 Å². The average molecular weight is 247 g/mol. The smallest absolute Gasteiger partial charge is 0.405 e. The van der Waals surface area contributed by atoms with Crippen molar-refractivity contribution in [3.05, 3.63) is 12.2 Å². The minimum Gasteiger partial charge on any atom is -0.448 e. The maximum Gasteiger partial charge on any atom is 0.405 e. The van der Waals surface area contributed by atoms with Gasteiger partial charge in [0.1, 0.15) is 18.0 Å². The van der Waals surface area contributed by atoms with E-state index in [2.05, 4.69) is 20.2 Å². The van der Waals surface area contributed by atoms with Crippen LogP contribution in [0.5, 0.6) is 0 Å². The number of hydrogen-bond acceptors (Lipinski definition) is 5. The molecule has 0 aromatic carbocycles. The lowest BCUT2D eigenvalue weighted by atomic mass is 10.3. The Balaban J connectivity index is 2.09. The topological polar surface area (TPSA) is 79.6 Å². The molecule has 0 atom stereocenters. The largest absolute Gasteiger partial charge is 0.448 e. The summed E-state index contributed by atoms with van der Waals surface area (Å²) in [6, 6.07) is 0. The van der Waals surface area contributed by atoms with Crippen LogP contribution in [0.3, 0.4) is 0 Å². The lowest BCUT2D eigenvalue weighted by Crippen LogP contribution is -2.21. The van der Waals surface area contributed by atoms with Gasteiger partial charge in [0, 0.05) is 0 Å². The highest BCUT2D eigenvalue weighted by Gasteiger charge is 2.27. The van der Waals surface area contributed by atoms with Gasteiger partial charge in [0.15, 0.2) is 12.2 Å². The van der Waals surface area contributed by atoms with Crippen LogP contribution in [0.2, 0.25) is 0 Å². The highest BCUT2D eigenvalue weighted by Crippen LogP contribution is 2.19. The van der Waals surface area contributed by atoms with Gasteiger partial charge in [-0.05, 0) is 6.92 Å². The van der Waals surface area contributed by atoms with E-state index in [4.69, 9.17) is 4.42 Å². The van der Waals surface area contributed by atoms with E-state index < -0.39 is 12.7 Å². The number of H-pyrrole nitrogens is 1. The summed E-state index contributed by atoms with van der Waals surface area (Å²) in [5, 5.41) is 8.11. The first kappa shape index (κ1) is 11.4. The molecule has 2 aromatic heterocycles. The van der Waals surface area contributed by atoms with Crippen LogP contribution in [0.1, 0.15) is 5.76 Å². The molecule has 9 heteroatoms. The normalized spacial score (nSPS) is 11.8. The number of oxazole rings is 1. The third-order valence-corrected chi connectivity index (χ3v) is 1.90. The summed E-state index contributed by atoms with van der Waals surface area (Å²) in [7, 11) is 0. The number of aromatic nitrogens is 4. The average Bonchev–Trinajstić information content (AvgIpc) is 2.81. The van der Waals surface area contributed by atoms with Gasteiger partial charge >= 0.3 is 6.18 Å². The fraction of sp³-hybridized carbons (Fsp3) is 0.375. The number of rotatable bonds is 3. The molecule has 2 N–H and O–H groups in total. The van der Waals surface area contributed by atoms with Crippen molar-refractivity contribution in [3.8, 4) is 11.5 Å². The van der Waals surface area contributed by atoms with E-state index in [1.54, 1.807) is 6.92 Å². The number of aryl methyl sites for hydroxylation is 1. The van der Waals surface area contributed by atoms with Crippen molar-refractivity contribution in [2.45, 2.75) is 13.1 Å². The van der Waals surface area contributed by atoms with E-state index in [9.17, 15) is 13.2 Å². The van der Waals surface area contributed by atoms with Crippen LogP contribution in [0.25, 0.3) is 11.5 Å². The third kappa shape index (κ3) is 2.74. The van der Waals surface area contributed by atoms with Crippen LogP contribution in [0, 0.1) is 6.92 Å². The van der Waals surface area contributed by atoms with Gasteiger partial charge in [-0.15, -0.1) is 5.10 Å². The zero-order chi connectivity index (χ0) is 12.5. The molecular weight excluding hydrogens is 239 g/mol. The molecule has 0 radical (unpaired) electrons. The summed E-state index contributed by atoms with van der Waals surface area (Å²) in [6.45, 7) is 0.468. The summed E-state index contributed by atoms with van der Waals surface area (Å²) in [5.74, 6) is 0.615. The first-order valence-corrected chi connectivity index (χ1v) is 4.59. The Morgan fingerprint density at radius 2 is 2.24 bits per heavy atom. The van der Waals surface area contributed by atoms with Gasteiger partial charge in [-0.25, -0.2) is 4.98 Å². The molecule has 0 aliphatic heterocycles. The van der Waals surface area contributed by atoms with Gasteiger partial charge in [-0.1, -0.05) is 0 Å². The second-order valence-electron chi connectivity index (χ2n) is 3.23. The molecule has 0 spiro atoms. The number of nitrogens with one attached hydrogen (secondary N) is 2. The number of alkyl halides is 3. The molecule has 0 saturated heterocycles. The van der Waals surface area contributed by atoms with Crippen LogP contribution in [-0.2, 0) is 0 Å². The molecule has 0 saturated carbocycles. The van der Waals surface area contributed by atoms with Crippen LogP contribution in [-0.4, -0.2) is 32.9 Å². The van der Waals surface area contributed by atoms with Crippen molar-refractivity contribution in [2.24, 2.45) is 0 Å². The molecule has 0 amide bonds. The highest BCUT2D eigenvalue weighted by molar-refractivity contribution is 5.52. The van der Waals surface area contributed by atoms with Gasteiger partial charge in [-0.3, -0.25) is 5.10 Å². The molecular formula is C8H8F3N5O. The minimum absolute atomic E-state index is 0.139. The Kier molecular flexibility index (Phi) is 2.74. The molecule has 2 heterocycles. The number of hydrogen-bond donors (Lipinski definition) is 2. The third-order valence-electron chi connectivity index (χ3n) is 1.90. The van der Waals surface area contributed by atoms with Crippen molar-refractivity contribution in [3.63, 3.8) is 0 Å². The molecule has 0 bridgehead atoms. The minimum atomic E-state index is -4.31. The molecule has 92 valence electrons. The van der Waals surface area contributed by atoms with Gasteiger partial charge < -0.3 is 9.73 Å². The van der Waals surface area contributed by atoms with Gasteiger partial charge in [0.05, 0.1) is 0 Å². The predicted octanol–water partition coefficient (Wildman–Crippen LogP) is 1.74. The van der Waals surface area contributed by atoms with Crippen LogP contribution in [0.4, 0.5) is 19.1 Å². The Bertz CT molecular complexity index is 503. The van der Waals surface area contributed by atoms with E-state index in [-0.39, 0.29) is 11.8 Å². The fourth-order valence-corrected chi connectivity index (χ4v) is 1.16. The molecule has 0 aliphatic carbocycles. The molecule has 17 heavy (non-hydrogen) atoms. The molecule has 0 aliphatic rings. The first-order valence-electron chi connectivity index (χ1n) is 4.59. The van der Waals surface area contributed by atoms with Crippen molar-refractivity contribution in [1.82, 2.24) is 20.2 Å². The fourth-order valence-electron chi connectivity index (χ4n) is 1.16. The summed E-state index contributed by atoms with van der Waals surface area (Å²) in [4.78, 5) is 7.67. The van der Waals surface area contributed by atoms with Crippen molar-refractivity contribution < 1.29 is 17.6 Å². The van der Waals surface area contributed by atoms with Gasteiger partial charge in [-0.2, -0.15) is 18.2 Å². The maximum atomic E-state index is 11.9. The zero-order valence-electron chi connectivity index (χ0n) is 8.67. The Hall–Kier alpha value is -2.06. The standard InChI is InChI=1S/C8H8F3N5O/c1-4-5(13-3-17-4)6-14-7(16-15-6)12-2-8(9,10)11/h3H,2H2,1H3,(H2,12,14,15,16). The molecule has 6 nitrogen and oxygen atoms in total. The van der Waals surface area contributed by atoms with Crippen LogP contribution < -0.4 is 5.32 Å². The molecule has 2 rings (SSSR count). The summed E-state index contributed by atoms with van der Waals surface area (Å²) >= 11 is 0. The number of halogens is 3. The predicted molar refractivity (Wildman–Crippen MR) is 51.2 cm³/mol. The Morgan fingerprint density at radius 1 is 1.47 bits per heavy atom. The van der Waals surface area contributed by atoms with E-state index in [0.29, 0.717) is 11.5 Å². The Morgan fingerprint density at radius 3 is 2.82 bits per heavy atom. The van der Waals surface area contributed by atoms with E-state index >= 15 is 0 Å². The monoisotopic (exact) mass is 247 g/mol. The van der Waals surface area contributed by atoms with E-state index in [1.807, 2.05) is 5.32 Å². The lowest BCUT2D eigenvalue weighted by Gasteiger charge is -2.04. The molecule has 2 aromatic rings. The van der Waals surface area contributed by atoms with Crippen molar-refractivity contribution >= 4 is 5.95 Å². The first-order chi connectivity index (χ1) is 7.96. The number of anilines is 1. The van der Waals surface area contributed by atoms with Crippen molar-refractivity contribution in [2.75, 3.05) is 11.9 Å². The summed E-state index contributed by atoms with van der Waals surface area (Å²) < 4.78 is 40.7. The maximum absolute atomic E-state index is 11.9. The van der Waals surface area contributed by atoms with Gasteiger partial charge in [0.25, 0.3) is 0 Å².